The van der Waals surface area contributed by atoms with Crippen LogP contribution in [0.4, 0.5) is 5.82 Å². The standard InChI is InChI=1S/C10H10N8S/c11-18-7-2-12-6(1-13-7)3-19-10-8-9(15-4-14-8)16-5-17-10/h1-2,4-5H,3,11H2,(H,13,18)(H,14,15,16,17). The van der Waals surface area contributed by atoms with E-state index in [-0.39, 0.29) is 0 Å². The largest absolute Gasteiger partial charge is 0.341 e. The van der Waals surface area contributed by atoms with Crippen molar-refractivity contribution in [2.75, 3.05) is 5.43 Å². The van der Waals surface area contributed by atoms with Crippen LogP contribution in [0.1, 0.15) is 5.69 Å². The summed E-state index contributed by atoms with van der Waals surface area (Å²) in [6, 6.07) is 0. The second kappa shape index (κ2) is 5.16. The number of nitrogen functional groups attached to an aromatic ring is 1. The van der Waals surface area contributed by atoms with Crippen LogP contribution in [0.15, 0.2) is 30.1 Å². The summed E-state index contributed by atoms with van der Waals surface area (Å²) in [6.07, 6.45) is 6.36. The smallest absolute Gasteiger partial charge is 0.181 e. The van der Waals surface area contributed by atoms with Crippen LogP contribution < -0.4 is 11.3 Å². The topological polar surface area (TPSA) is 118 Å². The second-order valence-electron chi connectivity index (χ2n) is 3.61. The third-order valence-corrected chi connectivity index (χ3v) is 3.42. The molecule has 0 aromatic carbocycles. The number of aromatic nitrogens is 6. The Balaban J connectivity index is 1.76. The van der Waals surface area contributed by atoms with Crippen molar-refractivity contribution < 1.29 is 0 Å². The molecular formula is C10H10N8S. The molecule has 0 saturated carbocycles. The molecule has 0 spiro atoms. The number of nitrogens with two attached hydrogens (primary N) is 1. The van der Waals surface area contributed by atoms with Crippen LogP contribution in [-0.4, -0.2) is 29.9 Å². The highest BCUT2D eigenvalue weighted by Gasteiger charge is 2.07. The van der Waals surface area contributed by atoms with Gasteiger partial charge in [0.25, 0.3) is 0 Å². The molecular weight excluding hydrogens is 264 g/mol. The molecule has 0 fully saturated rings. The monoisotopic (exact) mass is 274 g/mol. The van der Waals surface area contributed by atoms with Gasteiger partial charge in [-0.1, -0.05) is 11.8 Å². The van der Waals surface area contributed by atoms with E-state index < -0.39 is 0 Å². The molecule has 9 heteroatoms. The second-order valence-corrected chi connectivity index (χ2v) is 4.57. The third kappa shape index (κ3) is 2.46. The molecule has 0 radical (unpaired) electrons. The Morgan fingerprint density at radius 1 is 1.16 bits per heavy atom. The Hall–Kier alpha value is -2.26. The molecule has 4 N–H and O–H groups in total. The predicted molar refractivity (Wildman–Crippen MR) is 71.1 cm³/mol. The lowest BCUT2D eigenvalue weighted by Gasteiger charge is -2.02. The van der Waals surface area contributed by atoms with E-state index in [1.807, 2.05) is 0 Å². The van der Waals surface area contributed by atoms with Gasteiger partial charge in [-0.3, -0.25) is 4.98 Å². The minimum Gasteiger partial charge on any atom is -0.341 e. The number of hydrogen-bond donors (Lipinski definition) is 3. The summed E-state index contributed by atoms with van der Waals surface area (Å²) in [5, 5.41) is 0.838. The third-order valence-electron chi connectivity index (χ3n) is 2.40. The number of nitrogens with one attached hydrogen (secondary N) is 2. The van der Waals surface area contributed by atoms with E-state index in [1.165, 1.54) is 6.33 Å². The van der Waals surface area contributed by atoms with Crippen molar-refractivity contribution in [2.24, 2.45) is 5.84 Å². The van der Waals surface area contributed by atoms with E-state index in [9.17, 15) is 0 Å². The molecule has 3 aromatic rings. The molecule has 96 valence electrons. The molecule has 0 amide bonds. The SMILES string of the molecule is NNc1cnc(CSc2ncnc3nc[nH]c23)cn1. The maximum atomic E-state index is 5.23. The number of aromatic amines is 1. The first-order valence-corrected chi connectivity index (χ1v) is 6.40. The minimum absolute atomic E-state index is 0.534. The summed E-state index contributed by atoms with van der Waals surface area (Å²) >= 11 is 1.54. The van der Waals surface area contributed by atoms with Gasteiger partial charge in [0.05, 0.1) is 24.4 Å². The lowest BCUT2D eigenvalue weighted by atomic mass is 10.5. The fourth-order valence-corrected chi connectivity index (χ4v) is 2.35. The van der Waals surface area contributed by atoms with Crippen LogP contribution >= 0.6 is 11.8 Å². The van der Waals surface area contributed by atoms with Crippen molar-refractivity contribution in [3.05, 3.63) is 30.7 Å². The fraction of sp³-hybridized carbons (Fsp3) is 0.100. The first-order valence-electron chi connectivity index (χ1n) is 5.41. The predicted octanol–water partition coefficient (Wildman–Crippen LogP) is 0.721. The molecule has 3 rings (SSSR count). The Morgan fingerprint density at radius 3 is 2.89 bits per heavy atom. The number of H-pyrrole nitrogens is 1. The molecule has 8 nitrogen and oxygen atoms in total. The average Bonchev–Trinajstić information content (AvgIpc) is 2.94. The highest BCUT2D eigenvalue weighted by Crippen LogP contribution is 2.24. The molecule has 0 unspecified atom stereocenters. The molecule has 3 aromatic heterocycles. The van der Waals surface area contributed by atoms with Crippen LogP contribution in [0.25, 0.3) is 11.2 Å². The zero-order valence-electron chi connectivity index (χ0n) is 9.74. The Kier molecular flexibility index (Phi) is 3.21. The quantitative estimate of drug-likeness (QED) is 0.275. The summed E-state index contributed by atoms with van der Waals surface area (Å²) in [5.74, 6) is 6.42. The van der Waals surface area contributed by atoms with Crippen LogP contribution in [0.2, 0.25) is 0 Å². The zero-order chi connectivity index (χ0) is 13.1. The van der Waals surface area contributed by atoms with Crippen molar-refractivity contribution >= 4 is 28.7 Å². The number of hydrogen-bond acceptors (Lipinski definition) is 8. The van der Waals surface area contributed by atoms with Gasteiger partial charge in [-0.25, -0.2) is 25.8 Å². The molecule has 0 aliphatic rings. The van der Waals surface area contributed by atoms with Crippen molar-refractivity contribution in [3.8, 4) is 0 Å². The first-order chi connectivity index (χ1) is 9.36. The Labute approximate surface area is 112 Å². The van der Waals surface area contributed by atoms with Gasteiger partial charge in [0.1, 0.15) is 16.9 Å². The number of fused-ring (bicyclic) bond motifs is 1. The number of thioether (sulfide) groups is 1. The zero-order valence-corrected chi connectivity index (χ0v) is 10.6. The first kappa shape index (κ1) is 11.8. The van der Waals surface area contributed by atoms with Gasteiger partial charge in [-0.15, -0.1) is 0 Å². The Bertz CT molecular complexity index is 679. The maximum absolute atomic E-state index is 5.23. The van der Waals surface area contributed by atoms with Crippen molar-refractivity contribution in [3.63, 3.8) is 0 Å². The molecule has 0 saturated heterocycles. The highest BCUT2D eigenvalue weighted by molar-refractivity contribution is 7.98. The molecule has 0 bridgehead atoms. The fourth-order valence-electron chi connectivity index (χ4n) is 1.50. The number of nitrogens with zero attached hydrogens (tertiary/aromatic N) is 5. The normalized spacial score (nSPS) is 10.8. The van der Waals surface area contributed by atoms with Crippen molar-refractivity contribution in [1.82, 2.24) is 29.9 Å². The van der Waals surface area contributed by atoms with Crippen molar-refractivity contribution in [2.45, 2.75) is 10.8 Å². The summed E-state index contributed by atoms with van der Waals surface area (Å²) in [7, 11) is 0. The lowest BCUT2D eigenvalue weighted by Crippen LogP contribution is -2.08. The highest BCUT2D eigenvalue weighted by atomic mass is 32.2. The van der Waals surface area contributed by atoms with E-state index >= 15 is 0 Å². The maximum Gasteiger partial charge on any atom is 0.181 e. The van der Waals surface area contributed by atoms with E-state index in [1.54, 1.807) is 30.5 Å². The van der Waals surface area contributed by atoms with Crippen LogP contribution in [-0.2, 0) is 5.75 Å². The summed E-state index contributed by atoms with van der Waals surface area (Å²) in [6.45, 7) is 0. The Morgan fingerprint density at radius 2 is 2.11 bits per heavy atom. The van der Waals surface area contributed by atoms with E-state index in [0.717, 1.165) is 16.2 Å². The minimum atomic E-state index is 0.534. The number of imidazole rings is 1. The molecule has 0 aliphatic heterocycles. The molecule has 0 aliphatic carbocycles. The number of anilines is 1. The van der Waals surface area contributed by atoms with Gasteiger partial charge in [-0.05, 0) is 0 Å². The van der Waals surface area contributed by atoms with E-state index in [0.29, 0.717) is 17.2 Å². The van der Waals surface area contributed by atoms with Gasteiger partial charge in [0.15, 0.2) is 11.5 Å². The van der Waals surface area contributed by atoms with Crippen LogP contribution in [0.5, 0.6) is 0 Å². The number of rotatable bonds is 4. The summed E-state index contributed by atoms with van der Waals surface area (Å²) < 4.78 is 0. The van der Waals surface area contributed by atoms with Gasteiger partial charge >= 0.3 is 0 Å². The van der Waals surface area contributed by atoms with E-state index in [4.69, 9.17) is 5.84 Å². The number of hydrazine groups is 1. The van der Waals surface area contributed by atoms with Gasteiger partial charge in [-0.2, -0.15) is 0 Å². The summed E-state index contributed by atoms with van der Waals surface area (Å²) in [5.41, 5.74) is 4.77. The van der Waals surface area contributed by atoms with Crippen LogP contribution in [0.3, 0.4) is 0 Å². The molecule has 3 heterocycles. The molecule has 19 heavy (non-hydrogen) atoms. The van der Waals surface area contributed by atoms with Gasteiger partial charge < -0.3 is 10.4 Å². The van der Waals surface area contributed by atoms with Crippen molar-refractivity contribution in [1.29, 1.82) is 0 Å². The lowest BCUT2D eigenvalue weighted by molar-refractivity contribution is 1.06. The van der Waals surface area contributed by atoms with Gasteiger partial charge in [0.2, 0.25) is 0 Å². The summed E-state index contributed by atoms with van der Waals surface area (Å²) in [4.78, 5) is 23.7. The average molecular weight is 274 g/mol. The van der Waals surface area contributed by atoms with Gasteiger partial charge in [0, 0.05) is 5.75 Å². The van der Waals surface area contributed by atoms with Crippen LogP contribution in [0, 0.1) is 0 Å². The molecule has 0 atom stereocenters. The van der Waals surface area contributed by atoms with E-state index in [2.05, 4.69) is 35.3 Å².